The molecule has 4 heterocycles. The van der Waals surface area contributed by atoms with Crippen molar-refractivity contribution in [1.82, 2.24) is 35.0 Å². The summed E-state index contributed by atoms with van der Waals surface area (Å²) in [7, 11) is 0. The lowest BCUT2D eigenvalue weighted by Gasteiger charge is -2.31. The third kappa shape index (κ3) is 7.04. The van der Waals surface area contributed by atoms with E-state index in [-0.39, 0.29) is 34.8 Å². The molecule has 1 saturated heterocycles. The number of piperidine rings is 1. The lowest BCUT2D eigenvalue weighted by molar-refractivity contribution is -0.144. The van der Waals surface area contributed by atoms with Crippen molar-refractivity contribution in [2.45, 2.75) is 57.3 Å². The standard InChI is InChI=1S/C30H26ClF5N8O/c31-21-2-1-18(22(32)10-21)15-45-27-23(33)13-39-25(40-27)17-3-7-44(8-4-17)14-24-19(11-29(16-37)5-6-29)9-20(12-38-24)26-41-28(43-42-26)30(34,35)36/h1-2,9-10,12-13,17H,3-8,11,14-15H2,(H,41,42,43). The zero-order valence-corrected chi connectivity index (χ0v) is 24.5. The van der Waals surface area contributed by atoms with Gasteiger partial charge in [-0.3, -0.25) is 15.0 Å². The highest BCUT2D eigenvalue weighted by Crippen LogP contribution is 2.48. The quantitative estimate of drug-likeness (QED) is 0.208. The topological polar surface area (TPSA) is 116 Å². The molecule has 1 aliphatic carbocycles. The molecule has 4 aromatic rings. The molecule has 2 fully saturated rings. The molecule has 1 aliphatic heterocycles. The summed E-state index contributed by atoms with van der Waals surface area (Å²) < 4.78 is 73.2. The van der Waals surface area contributed by atoms with Crippen LogP contribution in [-0.4, -0.2) is 48.1 Å². The van der Waals surface area contributed by atoms with Crippen LogP contribution in [0.4, 0.5) is 22.0 Å². The Morgan fingerprint density at radius 3 is 2.49 bits per heavy atom. The van der Waals surface area contributed by atoms with E-state index in [9.17, 15) is 27.2 Å². The van der Waals surface area contributed by atoms with E-state index in [1.807, 2.05) is 5.10 Å². The van der Waals surface area contributed by atoms with Gasteiger partial charge in [-0.25, -0.2) is 14.4 Å². The van der Waals surface area contributed by atoms with Crippen LogP contribution in [0.2, 0.25) is 5.02 Å². The van der Waals surface area contributed by atoms with Crippen molar-refractivity contribution in [3.8, 4) is 23.3 Å². The number of alkyl halides is 3. The molecule has 0 unspecified atom stereocenters. The number of aromatic nitrogens is 6. The molecule has 45 heavy (non-hydrogen) atoms. The summed E-state index contributed by atoms with van der Waals surface area (Å²) in [6.07, 6.45) is 1.10. The minimum absolute atomic E-state index is 0.0619. The van der Waals surface area contributed by atoms with Crippen LogP contribution in [0.3, 0.4) is 0 Å². The summed E-state index contributed by atoms with van der Waals surface area (Å²) >= 11 is 5.79. The van der Waals surface area contributed by atoms with Crippen molar-refractivity contribution < 1.29 is 26.7 Å². The number of likely N-dealkylation sites (tertiary alicyclic amines) is 1. The van der Waals surface area contributed by atoms with Crippen molar-refractivity contribution in [1.29, 1.82) is 5.26 Å². The first kappa shape index (κ1) is 30.8. The van der Waals surface area contributed by atoms with Gasteiger partial charge in [0.1, 0.15) is 18.2 Å². The first-order valence-electron chi connectivity index (χ1n) is 14.2. The number of benzene rings is 1. The van der Waals surface area contributed by atoms with E-state index in [2.05, 4.69) is 36.0 Å². The van der Waals surface area contributed by atoms with E-state index < -0.39 is 29.1 Å². The highest BCUT2D eigenvalue weighted by Gasteiger charge is 2.44. The van der Waals surface area contributed by atoms with E-state index in [0.29, 0.717) is 50.3 Å². The van der Waals surface area contributed by atoms with Gasteiger partial charge < -0.3 is 4.74 Å². The summed E-state index contributed by atoms with van der Waals surface area (Å²) in [5.41, 5.74) is 1.54. The van der Waals surface area contributed by atoms with Gasteiger partial charge in [0.25, 0.3) is 5.88 Å². The lowest BCUT2D eigenvalue weighted by atomic mass is 9.93. The molecule has 234 valence electrons. The van der Waals surface area contributed by atoms with Gasteiger partial charge in [-0.05, 0) is 69.0 Å². The number of ether oxygens (including phenoxy) is 1. The number of nitrogens with zero attached hydrogens (tertiary/aromatic N) is 7. The van der Waals surface area contributed by atoms with Gasteiger partial charge >= 0.3 is 6.18 Å². The molecular weight excluding hydrogens is 619 g/mol. The van der Waals surface area contributed by atoms with Crippen molar-refractivity contribution >= 4 is 11.6 Å². The van der Waals surface area contributed by atoms with Crippen molar-refractivity contribution in [2.75, 3.05) is 13.1 Å². The molecule has 0 bridgehead atoms. The Balaban J connectivity index is 1.12. The van der Waals surface area contributed by atoms with Crippen LogP contribution < -0.4 is 4.74 Å². The SMILES string of the molecule is N#CC1(Cc2cc(-c3n[nH]c(C(F)(F)F)n3)cnc2CN2CCC(c3ncc(F)c(OCc4ccc(Cl)cc4F)n3)CC2)CC1. The third-order valence-corrected chi connectivity index (χ3v) is 8.36. The second-order valence-electron chi connectivity index (χ2n) is 11.4. The third-order valence-electron chi connectivity index (χ3n) is 8.13. The molecular formula is C30H26ClF5N8O. The number of hydrogen-bond acceptors (Lipinski definition) is 8. The highest BCUT2D eigenvalue weighted by molar-refractivity contribution is 6.30. The summed E-state index contributed by atoms with van der Waals surface area (Å²) in [6, 6.07) is 8.22. The Bertz CT molecular complexity index is 1750. The Kier molecular flexibility index (Phi) is 8.41. The van der Waals surface area contributed by atoms with Crippen LogP contribution in [0.25, 0.3) is 11.4 Å². The van der Waals surface area contributed by atoms with Gasteiger partial charge in [-0.15, -0.1) is 0 Å². The smallest absolute Gasteiger partial charge is 0.451 e. The van der Waals surface area contributed by atoms with E-state index in [4.69, 9.17) is 16.3 Å². The normalized spacial score (nSPS) is 16.8. The highest BCUT2D eigenvalue weighted by atomic mass is 35.5. The predicted molar refractivity (Wildman–Crippen MR) is 151 cm³/mol. The molecule has 1 aromatic carbocycles. The summed E-state index contributed by atoms with van der Waals surface area (Å²) in [5, 5.41) is 15.6. The van der Waals surface area contributed by atoms with E-state index >= 15 is 0 Å². The number of rotatable bonds is 9. The van der Waals surface area contributed by atoms with Crippen LogP contribution >= 0.6 is 11.6 Å². The maximum Gasteiger partial charge on any atom is 0.451 e. The molecule has 2 aliphatic rings. The number of aromatic amines is 1. The minimum atomic E-state index is -4.66. The number of nitriles is 1. The lowest BCUT2D eigenvalue weighted by Crippen LogP contribution is -2.33. The van der Waals surface area contributed by atoms with Gasteiger partial charge in [-0.2, -0.15) is 32.9 Å². The Morgan fingerprint density at radius 2 is 1.82 bits per heavy atom. The number of pyridine rings is 1. The average Bonchev–Trinajstić information content (AvgIpc) is 3.59. The zero-order chi connectivity index (χ0) is 31.8. The summed E-state index contributed by atoms with van der Waals surface area (Å²) in [4.78, 5) is 18.8. The molecule has 1 N–H and O–H groups in total. The molecule has 3 aromatic heterocycles. The van der Waals surface area contributed by atoms with Crippen molar-refractivity contribution in [2.24, 2.45) is 5.41 Å². The molecule has 1 saturated carbocycles. The van der Waals surface area contributed by atoms with Gasteiger partial charge in [-0.1, -0.05) is 17.7 Å². The number of nitrogens with one attached hydrogen (secondary N) is 1. The largest absolute Gasteiger partial charge is 0.471 e. The van der Waals surface area contributed by atoms with E-state index in [1.165, 1.54) is 18.3 Å². The predicted octanol–water partition coefficient (Wildman–Crippen LogP) is 6.41. The van der Waals surface area contributed by atoms with E-state index in [0.717, 1.165) is 36.4 Å². The van der Waals surface area contributed by atoms with Crippen LogP contribution in [0, 0.1) is 28.4 Å². The molecule has 0 amide bonds. The fourth-order valence-corrected chi connectivity index (χ4v) is 5.48. The monoisotopic (exact) mass is 644 g/mol. The Labute approximate surface area is 259 Å². The van der Waals surface area contributed by atoms with E-state index in [1.54, 1.807) is 6.07 Å². The molecule has 0 radical (unpaired) electrons. The summed E-state index contributed by atoms with van der Waals surface area (Å²) in [6.45, 7) is 1.55. The van der Waals surface area contributed by atoms with Gasteiger partial charge in [0.2, 0.25) is 11.6 Å². The number of hydrogen-bond donors (Lipinski definition) is 1. The maximum absolute atomic E-state index is 14.4. The molecule has 6 rings (SSSR count). The number of halogens is 6. The van der Waals surface area contributed by atoms with Gasteiger partial charge in [0, 0.05) is 34.8 Å². The summed E-state index contributed by atoms with van der Waals surface area (Å²) in [5.74, 6) is -2.52. The van der Waals surface area contributed by atoms with Crippen LogP contribution in [0.5, 0.6) is 5.88 Å². The second-order valence-corrected chi connectivity index (χ2v) is 11.8. The maximum atomic E-state index is 14.4. The van der Waals surface area contributed by atoms with Crippen molar-refractivity contribution in [3.05, 3.63) is 81.8 Å². The first-order valence-corrected chi connectivity index (χ1v) is 14.6. The van der Waals surface area contributed by atoms with Gasteiger partial charge in [0.05, 0.1) is 23.4 Å². The molecule has 0 spiro atoms. The molecule has 9 nitrogen and oxygen atoms in total. The zero-order valence-electron chi connectivity index (χ0n) is 23.7. The van der Waals surface area contributed by atoms with Gasteiger partial charge in [0.15, 0.2) is 5.82 Å². The Hall–Kier alpha value is -4.22. The van der Waals surface area contributed by atoms with Crippen LogP contribution in [-0.2, 0) is 25.7 Å². The minimum Gasteiger partial charge on any atom is -0.471 e. The fraction of sp³-hybridized carbons (Fsp3) is 0.400. The second kappa shape index (κ2) is 12.3. The average molecular weight is 645 g/mol. The molecule has 15 heteroatoms. The van der Waals surface area contributed by atoms with Crippen molar-refractivity contribution in [3.63, 3.8) is 0 Å². The number of H-pyrrole nitrogens is 1. The Morgan fingerprint density at radius 1 is 1.04 bits per heavy atom. The van der Waals surface area contributed by atoms with Crippen LogP contribution in [0.1, 0.15) is 60.1 Å². The fourth-order valence-electron chi connectivity index (χ4n) is 5.33. The van der Waals surface area contributed by atoms with Crippen LogP contribution in [0.15, 0.2) is 36.7 Å². The first-order chi connectivity index (χ1) is 21.5. The molecule has 0 atom stereocenters.